The number of ether oxygens (including phenoxy) is 6. The van der Waals surface area contributed by atoms with Gasteiger partial charge in [0.25, 0.3) is 0 Å². The normalized spacial score (nSPS) is 20.2. The molecule has 7 nitrogen and oxygen atoms in total. The van der Waals surface area contributed by atoms with E-state index in [-0.39, 0.29) is 18.3 Å². The molecule has 3 aliphatic rings. The summed E-state index contributed by atoms with van der Waals surface area (Å²) in [4.78, 5) is 0. The Morgan fingerprint density at radius 3 is 1.91 bits per heavy atom. The second-order valence-electron chi connectivity index (χ2n) is 11.6. The van der Waals surface area contributed by atoms with Crippen LogP contribution in [0.25, 0.3) is 55.0 Å². The van der Waals surface area contributed by atoms with Crippen molar-refractivity contribution < 1.29 is 32.8 Å². The molecule has 5 aromatic carbocycles. The lowest BCUT2D eigenvalue weighted by Crippen LogP contribution is -2.05. The van der Waals surface area contributed by atoms with E-state index in [2.05, 4.69) is 54.6 Å². The summed E-state index contributed by atoms with van der Waals surface area (Å²) in [6, 6.07) is 31.0. The molecule has 9 rings (SSSR count). The van der Waals surface area contributed by atoms with Crippen molar-refractivity contribution in [3.8, 4) is 39.7 Å². The van der Waals surface area contributed by atoms with Gasteiger partial charge < -0.3 is 32.8 Å². The van der Waals surface area contributed by atoms with Crippen molar-refractivity contribution in [1.82, 2.24) is 0 Å². The maximum atomic E-state index is 6.93. The number of fused-ring (bicyclic) bond motifs is 6. The zero-order chi connectivity index (χ0) is 29.0. The average molecular weight is 587 g/mol. The van der Waals surface area contributed by atoms with E-state index < -0.39 is 0 Å². The molecular weight excluding hydrogens is 556 g/mol. The van der Waals surface area contributed by atoms with Gasteiger partial charge in [-0.3, -0.25) is 0 Å². The predicted octanol–water partition coefficient (Wildman–Crippen LogP) is 7.41. The van der Waals surface area contributed by atoms with Crippen molar-refractivity contribution in [3.63, 3.8) is 0 Å². The van der Waals surface area contributed by atoms with Gasteiger partial charge in [-0.05, 0) is 64.7 Å². The van der Waals surface area contributed by atoms with Crippen molar-refractivity contribution in [3.05, 3.63) is 91.0 Å². The van der Waals surface area contributed by atoms with Gasteiger partial charge in [0, 0.05) is 27.5 Å². The monoisotopic (exact) mass is 586 g/mol. The molecule has 3 unspecified atom stereocenters. The molecule has 6 aromatic rings. The molecule has 3 atom stereocenters. The quantitative estimate of drug-likeness (QED) is 0.116. The van der Waals surface area contributed by atoms with Crippen molar-refractivity contribution in [2.45, 2.75) is 18.3 Å². The molecule has 4 heterocycles. The molecule has 0 saturated carbocycles. The molecule has 0 radical (unpaired) electrons. The van der Waals surface area contributed by atoms with E-state index in [1.54, 1.807) is 0 Å². The summed E-state index contributed by atoms with van der Waals surface area (Å²) < 4.78 is 41.4. The second kappa shape index (κ2) is 10.6. The zero-order valence-electron chi connectivity index (χ0n) is 24.0. The number of hydrogen-bond donors (Lipinski definition) is 0. The lowest BCUT2D eigenvalue weighted by atomic mass is 9.92. The second-order valence-corrected chi connectivity index (χ2v) is 11.6. The van der Waals surface area contributed by atoms with Gasteiger partial charge in [0.2, 0.25) is 0 Å². The first-order chi connectivity index (χ1) is 21.8. The molecule has 3 fully saturated rings. The van der Waals surface area contributed by atoms with Crippen LogP contribution in [0.1, 0.15) is 0 Å². The van der Waals surface area contributed by atoms with Crippen LogP contribution in [0.4, 0.5) is 0 Å². The van der Waals surface area contributed by atoms with Gasteiger partial charge in [-0.15, -0.1) is 0 Å². The summed E-state index contributed by atoms with van der Waals surface area (Å²) in [5, 5.41) is 5.38. The molecular formula is C37H30O7. The maximum Gasteiger partial charge on any atom is 0.143 e. The first-order valence-corrected chi connectivity index (χ1v) is 15.1. The molecule has 1 aromatic heterocycles. The Labute approximate surface area is 253 Å². The standard InChI is InChI=1S/C37H30O7/c1-2-6-30-28(5-1)32-15-24(39-17-26-19-41-26)13-14-29(32)34-35(31-7-3-4-8-33(31)43-21-27-20-42-27)36(44-37(30)34)22-9-11-23(12-10-22)38-16-25-18-40-25/h1-15,25-27H,16-21H2. The van der Waals surface area contributed by atoms with Crippen LogP contribution in [-0.4, -0.2) is 58.0 Å². The Balaban J connectivity index is 1.26. The van der Waals surface area contributed by atoms with Crippen LogP contribution in [0.3, 0.4) is 0 Å². The van der Waals surface area contributed by atoms with Crippen LogP contribution >= 0.6 is 0 Å². The van der Waals surface area contributed by atoms with E-state index in [4.69, 9.17) is 32.8 Å². The predicted molar refractivity (Wildman–Crippen MR) is 168 cm³/mol. The summed E-state index contributed by atoms with van der Waals surface area (Å²) in [5.41, 5.74) is 3.75. The number of hydrogen-bond acceptors (Lipinski definition) is 7. The Kier molecular flexibility index (Phi) is 6.21. The van der Waals surface area contributed by atoms with E-state index in [0.29, 0.717) is 19.8 Å². The lowest BCUT2D eigenvalue weighted by molar-refractivity contribution is 0.263. The number of rotatable bonds is 11. The van der Waals surface area contributed by atoms with Gasteiger partial charge >= 0.3 is 0 Å². The van der Waals surface area contributed by atoms with Crippen molar-refractivity contribution in [1.29, 1.82) is 0 Å². The molecule has 0 spiro atoms. The SMILES string of the molecule is c1ccc(-c2c(-c3ccc(OCC4CO4)cc3)oc3c4ccccc4c4cc(OCC5CO5)ccc4c23)c(OCC2CO2)c1. The largest absolute Gasteiger partial charge is 0.491 e. The van der Waals surface area contributed by atoms with E-state index in [9.17, 15) is 0 Å². The third-order valence-corrected chi connectivity index (χ3v) is 8.41. The molecule has 0 N–H and O–H groups in total. The van der Waals surface area contributed by atoms with Crippen LogP contribution in [-0.2, 0) is 14.2 Å². The summed E-state index contributed by atoms with van der Waals surface area (Å²) in [7, 11) is 0. The summed E-state index contributed by atoms with van der Waals surface area (Å²) in [6.45, 7) is 3.87. The fraction of sp³-hybridized carbons (Fsp3) is 0.243. The Morgan fingerprint density at radius 2 is 1.18 bits per heavy atom. The average Bonchev–Trinajstić information content (AvgIpc) is 3.94. The van der Waals surface area contributed by atoms with E-state index in [1.165, 1.54) is 0 Å². The molecule has 0 aliphatic carbocycles. The Morgan fingerprint density at radius 1 is 0.568 bits per heavy atom. The highest BCUT2D eigenvalue weighted by atomic mass is 16.6. The van der Waals surface area contributed by atoms with Crippen LogP contribution in [0.15, 0.2) is 95.4 Å². The summed E-state index contributed by atoms with van der Waals surface area (Å²) in [6.07, 6.45) is 0.523. The molecule has 7 heteroatoms. The topological polar surface area (TPSA) is 78.4 Å². The molecule has 3 saturated heterocycles. The van der Waals surface area contributed by atoms with E-state index in [1.807, 2.05) is 36.4 Å². The Bertz CT molecular complexity index is 2000. The number of benzene rings is 5. The van der Waals surface area contributed by atoms with Crippen molar-refractivity contribution in [2.24, 2.45) is 0 Å². The molecule has 44 heavy (non-hydrogen) atoms. The first kappa shape index (κ1) is 25.9. The highest BCUT2D eigenvalue weighted by Gasteiger charge is 2.28. The lowest BCUT2D eigenvalue weighted by Gasteiger charge is -2.13. The molecule has 3 aliphatic heterocycles. The summed E-state index contributed by atoms with van der Waals surface area (Å²) in [5.74, 6) is 3.19. The van der Waals surface area contributed by atoms with Crippen LogP contribution in [0, 0.1) is 0 Å². The van der Waals surface area contributed by atoms with Crippen molar-refractivity contribution >= 4 is 32.5 Å². The first-order valence-electron chi connectivity index (χ1n) is 15.1. The van der Waals surface area contributed by atoms with E-state index in [0.717, 1.165) is 92.0 Å². The van der Waals surface area contributed by atoms with Gasteiger partial charge in [-0.2, -0.15) is 0 Å². The summed E-state index contributed by atoms with van der Waals surface area (Å²) >= 11 is 0. The fourth-order valence-corrected chi connectivity index (χ4v) is 5.86. The smallest absolute Gasteiger partial charge is 0.143 e. The van der Waals surface area contributed by atoms with Crippen LogP contribution < -0.4 is 14.2 Å². The van der Waals surface area contributed by atoms with Crippen LogP contribution in [0.5, 0.6) is 17.2 Å². The van der Waals surface area contributed by atoms with Gasteiger partial charge in [-0.25, -0.2) is 0 Å². The third-order valence-electron chi connectivity index (χ3n) is 8.41. The minimum absolute atomic E-state index is 0.140. The number of furan rings is 1. The van der Waals surface area contributed by atoms with E-state index >= 15 is 0 Å². The minimum atomic E-state index is 0.140. The maximum absolute atomic E-state index is 6.93. The number of epoxide rings is 3. The molecule has 0 amide bonds. The molecule has 220 valence electrons. The van der Waals surface area contributed by atoms with Gasteiger partial charge in [0.15, 0.2) is 0 Å². The number of para-hydroxylation sites is 1. The highest BCUT2D eigenvalue weighted by Crippen LogP contribution is 2.49. The van der Waals surface area contributed by atoms with Crippen molar-refractivity contribution in [2.75, 3.05) is 39.6 Å². The van der Waals surface area contributed by atoms with Gasteiger partial charge in [-0.1, -0.05) is 42.5 Å². The third kappa shape index (κ3) is 4.93. The highest BCUT2D eigenvalue weighted by molar-refractivity contribution is 6.28. The van der Waals surface area contributed by atoms with Gasteiger partial charge in [0.1, 0.15) is 66.7 Å². The van der Waals surface area contributed by atoms with Crippen LogP contribution in [0.2, 0.25) is 0 Å². The zero-order valence-corrected chi connectivity index (χ0v) is 24.0. The minimum Gasteiger partial charge on any atom is -0.491 e. The Hall–Kier alpha value is -4.56. The molecule has 0 bridgehead atoms. The van der Waals surface area contributed by atoms with Gasteiger partial charge in [0.05, 0.1) is 19.8 Å². The fourth-order valence-electron chi connectivity index (χ4n) is 5.86.